The maximum absolute atomic E-state index is 6.24. The molecule has 0 aliphatic rings. The predicted molar refractivity (Wildman–Crippen MR) is 134 cm³/mol. The van der Waals surface area contributed by atoms with Gasteiger partial charge in [0.05, 0.1) is 13.2 Å². The lowest BCUT2D eigenvalue weighted by molar-refractivity contribution is 0.261. The number of aromatic nitrogens is 1. The average Bonchev–Trinajstić information content (AvgIpc) is 3.19. The molecule has 1 aromatic heterocycles. The van der Waals surface area contributed by atoms with Gasteiger partial charge in [-0.05, 0) is 72.8 Å². The Morgan fingerprint density at radius 2 is 1.59 bits per heavy atom. The van der Waals surface area contributed by atoms with Crippen molar-refractivity contribution in [2.45, 2.75) is 72.2 Å². The van der Waals surface area contributed by atoms with Gasteiger partial charge in [0.25, 0.3) is 0 Å². The molecule has 0 unspecified atom stereocenters. The van der Waals surface area contributed by atoms with Crippen molar-refractivity contribution in [2.75, 3.05) is 6.61 Å². The predicted octanol–water partition coefficient (Wildman–Crippen LogP) is 7.49. The molecule has 3 rings (SSSR count). The van der Waals surface area contributed by atoms with Gasteiger partial charge in [-0.2, -0.15) is 0 Å². The Morgan fingerprint density at radius 1 is 0.938 bits per heavy atom. The van der Waals surface area contributed by atoms with E-state index in [1.807, 2.05) is 12.1 Å². The largest absolute Gasteiger partial charge is 0.493 e. The van der Waals surface area contributed by atoms with Gasteiger partial charge >= 0.3 is 0 Å². The van der Waals surface area contributed by atoms with E-state index in [-0.39, 0.29) is 5.04 Å². The van der Waals surface area contributed by atoms with Gasteiger partial charge in [-0.25, -0.2) is 0 Å². The van der Waals surface area contributed by atoms with Gasteiger partial charge in [-0.3, -0.25) is 0 Å². The zero-order valence-corrected chi connectivity index (χ0v) is 21.6. The molecule has 0 saturated carbocycles. The smallest absolute Gasteiger partial charge is 0.192 e. The van der Waals surface area contributed by atoms with E-state index < -0.39 is 8.32 Å². The van der Waals surface area contributed by atoms with Crippen LogP contribution in [0.25, 0.3) is 11.1 Å². The number of hydrogen-bond acceptors (Lipinski definition) is 4. The van der Waals surface area contributed by atoms with Crippen LogP contribution in [-0.4, -0.2) is 20.1 Å². The molecule has 5 heteroatoms. The molecule has 0 bridgehead atoms. The fourth-order valence-corrected chi connectivity index (χ4v) is 4.35. The summed E-state index contributed by atoms with van der Waals surface area (Å²) in [4.78, 5) is 0. The van der Waals surface area contributed by atoms with Crippen LogP contribution in [0.15, 0.2) is 53.1 Å². The van der Waals surface area contributed by atoms with Crippen LogP contribution in [0.1, 0.15) is 49.8 Å². The summed E-state index contributed by atoms with van der Waals surface area (Å²) in [6.07, 6.45) is 1.67. The van der Waals surface area contributed by atoms with Gasteiger partial charge in [-0.1, -0.05) is 56.3 Å². The second-order valence-corrected chi connectivity index (χ2v) is 14.9. The molecule has 32 heavy (non-hydrogen) atoms. The first kappa shape index (κ1) is 24.3. The number of hydrogen-bond donors (Lipinski definition) is 0. The third-order valence-electron chi connectivity index (χ3n) is 6.38. The van der Waals surface area contributed by atoms with E-state index in [0.717, 1.165) is 41.2 Å². The highest BCUT2D eigenvalue weighted by Gasteiger charge is 2.37. The molecule has 0 saturated heterocycles. The lowest BCUT2D eigenvalue weighted by atomic mass is 10.00. The van der Waals surface area contributed by atoms with E-state index in [1.54, 1.807) is 0 Å². The summed E-state index contributed by atoms with van der Waals surface area (Å²) in [5, 5.41) is 4.37. The molecule has 2 aromatic carbocycles. The van der Waals surface area contributed by atoms with E-state index in [2.05, 4.69) is 89.3 Å². The quantitative estimate of drug-likeness (QED) is 0.250. The molecule has 0 aliphatic carbocycles. The van der Waals surface area contributed by atoms with E-state index in [4.69, 9.17) is 13.7 Å². The minimum atomic E-state index is -1.79. The van der Waals surface area contributed by atoms with Crippen LogP contribution in [0.2, 0.25) is 18.1 Å². The summed E-state index contributed by atoms with van der Waals surface area (Å²) >= 11 is 0. The standard InChI is InChI=1S/C27H37NO3Si/c1-20-16-23(22-12-9-8-10-13-22)17-21(2)26(20)29-15-11-14-25-18-24(28-31-25)19-30-32(6,7)27(3,4)5/h8-10,12-13,16-18H,11,14-15,19H2,1-7H3. The molecular weight excluding hydrogens is 414 g/mol. The van der Waals surface area contributed by atoms with Crippen LogP contribution >= 0.6 is 0 Å². The Morgan fingerprint density at radius 3 is 2.22 bits per heavy atom. The van der Waals surface area contributed by atoms with Crippen LogP contribution in [-0.2, 0) is 17.5 Å². The monoisotopic (exact) mass is 451 g/mol. The molecule has 0 atom stereocenters. The molecule has 0 amide bonds. The normalized spacial score (nSPS) is 12.2. The third kappa shape index (κ3) is 6.11. The van der Waals surface area contributed by atoms with E-state index >= 15 is 0 Å². The highest BCUT2D eigenvalue weighted by atomic mass is 28.4. The van der Waals surface area contributed by atoms with Gasteiger partial charge in [0.15, 0.2) is 8.32 Å². The number of aryl methyl sites for hydroxylation is 3. The van der Waals surface area contributed by atoms with E-state index in [9.17, 15) is 0 Å². The zero-order chi connectivity index (χ0) is 23.4. The summed E-state index contributed by atoms with van der Waals surface area (Å²) in [6.45, 7) is 16.6. The fraction of sp³-hybridized carbons (Fsp3) is 0.444. The molecule has 1 heterocycles. The number of nitrogens with zero attached hydrogens (tertiary/aromatic N) is 1. The van der Waals surface area contributed by atoms with Crippen LogP contribution in [0, 0.1) is 13.8 Å². The molecule has 4 nitrogen and oxygen atoms in total. The molecule has 0 aliphatic heterocycles. The first-order valence-corrected chi connectivity index (χ1v) is 14.4. The average molecular weight is 452 g/mol. The van der Waals surface area contributed by atoms with Gasteiger partial charge in [-0.15, -0.1) is 0 Å². The highest BCUT2D eigenvalue weighted by molar-refractivity contribution is 6.74. The van der Waals surface area contributed by atoms with Gasteiger partial charge in [0.1, 0.15) is 17.2 Å². The van der Waals surface area contributed by atoms with Gasteiger partial charge in [0, 0.05) is 12.5 Å². The van der Waals surface area contributed by atoms with Crippen LogP contribution in [0.3, 0.4) is 0 Å². The SMILES string of the molecule is Cc1cc(-c2ccccc2)cc(C)c1OCCCc1cc(CO[Si](C)(C)C(C)(C)C)no1. The topological polar surface area (TPSA) is 44.5 Å². The summed E-state index contributed by atoms with van der Waals surface area (Å²) in [6, 6.07) is 16.9. The van der Waals surface area contributed by atoms with Crippen molar-refractivity contribution in [2.24, 2.45) is 0 Å². The van der Waals surface area contributed by atoms with Gasteiger partial charge in [0.2, 0.25) is 0 Å². The maximum atomic E-state index is 6.24. The summed E-state index contributed by atoms with van der Waals surface area (Å²) in [7, 11) is -1.79. The lowest BCUT2D eigenvalue weighted by Crippen LogP contribution is -2.40. The highest BCUT2D eigenvalue weighted by Crippen LogP contribution is 2.37. The second kappa shape index (κ2) is 10.0. The van der Waals surface area contributed by atoms with Crippen LogP contribution in [0.4, 0.5) is 0 Å². The summed E-state index contributed by atoms with van der Waals surface area (Å²) in [5.41, 5.74) is 5.64. The second-order valence-electron chi connectivity index (χ2n) is 10.1. The van der Waals surface area contributed by atoms with E-state index in [0.29, 0.717) is 13.2 Å². The molecule has 0 fully saturated rings. The molecule has 0 radical (unpaired) electrons. The number of ether oxygens (including phenoxy) is 1. The van der Waals surface area contributed by atoms with Crippen molar-refractivity contribution >= 4 is 8.32 Å². The fourth-order valence-electron chi connectivity index (χ4n) is 3.41. The van der Waals surface area contributed by atoms with Crippen molar-refractivity contribution in [3.8, 4) is 16.9 Å². The summed E-state index contributed by atoms with van der Waals surface area (Å²) < 4.78 is 17.9. The Hall–Kier alpha value is -2.37. The van der Waals surface area contributed by atoms with Gasteiger partial charge < -0.3 is 13.7 Å². The lowest BCUT2D eigenvalue weighted by Gasteiger charge is -2.35. The Labute approximate surface area is 194 Å². The van der Waals surface area contributed by atoms with Crippen molar-refractivity contribution in [3.05, 3.63) is 71.1 Å². The molecular formula is C27H37NO3Si. The Kier molecular flexibility index (Phi) is 7.62. The van der Waals surface area contributed by atoms with Crippen molar-refractivity contribution in [1.82, 2.24) is 5.16 Å². The minimum absolute atomic E-state index is 0.187. The first-order valence-electron chi connectivity index (χ1n) is 11.4. The summed E-state index contributed by atoms with van der Waals surface area (Å²) in [5.74, 6) is 1.86. The maximum Gasteiger partial charge on any atom is 0.192 e. The number of benzene rings is 2. The Balaban J connectivity index is 1.50. The molecule has 0 N–H and O–H groups in total. The minimum Gasteiger partial charge on any atom is -0.493 e. The van der Waals surface area contributed by atoms with Crippen LogP contribution in [0.5, 0.6) is 5.75 Å². The molecule has 3 aromatic rings. The Bertz CT molecular complexity index is 996. The third-order valence-corrected chi connectivity index (χ3v) is 10.9. The van der Waals surface area contributed by atoms with Crippen molar-refractivity contribution < 1.29 is 13.7 Å². The number of rotatable bonds is 9. The van der Waals surface area contributed by atoms with E-state index in [1.165, 1.54) is 11.1 Å². The first-order chi connectivity index (χ1) is 15.1. The van der Waals surface area contributed by atoms with Crippen molar-refractivity contribution in [1.29, 1.82) is 0 Å². The molecule has 0 spiro atoms. The zero-order valence-electron chi connectivity index (χ0n) is 20.6. The van der Waals surface area contributed by atoms with Crippen molar-refractivity contribution in [3.63, 3.8) is 0 Å². The molecule has 172 valence electrons. The van der Waals surface area contributed by atoms with Crippen LogP contribution < -0.4 is 4.74 Å².